The van der Waals surface area contributed by atoms with E-state index in [1.807, 2.05) is 41.1 Å². The SMILES string of the molecule is O=C(Nc1cccs1)Nc1nc(-c2ccc3c(c2)OCCO3)cs1. The van der Waals surface area contributed by atoms with Crippen LogP contribution >= 0.6 is 22.7 Å². The molecule has 4 rings (SSSR count). The Kier molecular flexibility index (Phi) is 4.06. The van der Waals surface area contributed by atoms with Crippen LogP contribution in [0.2, 0.25) is 0 Å². The van der Waals surface area contributed by atoms with Gasteiger partial charge in [0, 0.05) is 10.9 Å². The van der Waals surface area contributed by atoms with Crippen molar-refractivity contribution in [1.82, 2.24) is 4.98 Å². The number of rotatable bonds is 3. The van der Waals surface area contributed by atoms with Crippen molar-refractivity contribution in [3.63, 3.8) is 0 Å². The Balaban J connectivity index is 1.47. The highest BCUT2D eigenvalue weighted by atomic mass is 32.1. The van der Waals surface area contributed by atoms with Gasteiger partial charge in [-0.1, -0.05) is 0 Å². The number of carbonyl (C=O) groups excluding carboxylic acids is 1. The highest BCUT2D eigenvalue weighted by Crippen LogP contribution is 2.35. The van der Waals surface area contributed by atoms with Crippen LogP contribution in [-0.4, -0.2) is 24.2 Å². The lowest BCUT2D eigenvalue weighted by molar-refractivity contribution is 0.171. The highest BCUT2D eigenvalue weighted by Gasteiger charge is 2.14. The number of hydrogen-bond acceptors (Lipinski definition) is 6. The van der Waals surface area contributed by atoms with E-state index >= 15 is 0 Å². The summed E-state index contributed by atoms with van der Waals surface area (Å²) in [6.45, 7) is 1.11. The van der Waals surface area contributed by atoms with Gasteiger partial charge in [0.2, 0.25) is 0 Å². The average Bonchev–Trinajstić information content (AvgIpc) is 3.26. The Morgan fingerprint density at radius 1 is 1.08 bits per heavy atom. The fourth-order valence-electron chi connectivity index (χ4n) is 2.26. The van der Waals surface area contributed by atoms with E-state index in [9.17, 15) is 4.79 Å². The molecule has 0 bridgehead atoms. The molecule has 0 spiro atoms. The first-order valence-electron chi connectivity index (χ1n) is 7.25. The van der Waals surface area contributed by atoms with E-state index in [1.165, 1.54) is 22.7 Å². The number of thiophene rings is 1. The molecule has 0 atom stereocenters. The topological polar surface area (TPSA) is 72.5 Å². The summed E-state index contributed by atoms with van der Waals surface area (Å²) >= 11 is 2.83. The van der Waals surface area contributed by atoms with Gasteiger partial charge < -0.3 is 9.47 Å². The third-order valence-electron chi connectivity index (χ3n) is 3.32. The monoisotopic (exact) mass is 359 g/mol. The summed E-state index contributed by atoms with van der Waals surface area (Å²) in [6.07, 6.45) is 0. The van der Waals surface area contributed by atoms with Crippen LogP contribution in [0.3, 0.4) is 0 Å². The maximum atomic E-state index is 11.9. The number of hydrogen-bond donors (Lipinski definition) is 2. The van der Waals surface area contributed by atoms with Crippen LogP contribution in [0.25, 0.3) is 11.3 Å². The Bertz CT molecular complexity index is 861. The van der Waals surface area contributed by atoms with E-state index < -0.39 is 0 Å². The van der Waals surface area contributed by atoms with Crippen molar-refractivity contribution in [2.75, 3.05) is 23.8 Å². The number of aromatic nitrogens is 1. The van der Waals surface area contributed by atoms with Gasteiger partial charge in [0.25, 0.3) is 0 Å². The van der Waals surface area contributed by atoms with Crippen LogP contribution in [0.15, 0.2) is 41.1 Å². The molecule has 1 aliphatic heterocycles. The first kappa shape index (κ1) is 15.0. The zero-order chi connectivity index (χ0) is 16.4. The quantitative estimate of drug-likeness (QED) is 0.732. The van der Waals surface area contributed by atoms with E-state index in [0.29, 0.717) is 18.3 Å². The van der Waals surface area contributed by atoms with E-state index in [2.05, 4.69) is 15.6 Å². The van der Waals surface area contributed by atoms with Crippen LogP contribution in [-0.2, 0) is 0 Å². The summed E-state index contributed by atoms with van der Waals surface area (Å²) in [4.78, 5) is 16.4. The molecule has 24 heavy (non-hydrogen) atoms. The summed E-state index contributed by atoms with van der Waals surface area (Å²) < 4.78 is 11.1. The summed E-state index contributed by atoms with van der Waals surface area (Å²) in [7, 11) is 0. The second-order valence-electron chi connectivity index (χ2n) is 4.95. The van der Waals surface area contributed by atoms with Gasteiger partial charge in [0.15, 0.2) is 16.6 Å². The van der Waals surface area contributed by atoms with E-state index in [1.54, 1.807) is 0 Å². The maximum Gasteiger partial charge on any atom is 0.326 e. The molecule has 0 saturated carbocycles. The minimum absolute atomic E-state index is 0.305. The van der Waals surface area contributed by atoms with Crippen LogP contribution in [0, 0.1) is 0 Å². The third-order valence-corrected chi connectivity index (χ3v) is 4.86. The van der Waals surface area contributed by atoms with Crippen molar-refractivity contribution in [2.45, 2.75) is 0 Å². The van der Waals surface area contributed by atoms with Crippen molar-refractivity contribution in [3.05, 3.63) is 41.1 Å². The second kappa shape index (κ2) is 6.50. The van der Waals surface area contributed by atoms with Gasteiger partial charge >= 0.3 is 6.03 Å². The lowest BCUT2D eigenvalue weighted by atomic mass is 10.1. The Labute approximate surface area is 146 Å². The van der Waals surface area contributed by atoms with E-state index in [-0.39, 0.29) is 6.03 Å². The largest absolute Gasteiger partial charge is 0.486 e. The second-order valence-corrected chi connectivity index (χ2v) is 6.76. The molecule has 3 aromatic rings. The summed E-state index contributed by atoms with van der Waals surface area (Å²) in [5.74, 6) is 1.46. The van der Waals surface area contributed by atoms with Gasteiger partial charge in [-0.2, -0.15) is 0 Å². The molecule has 3 heterocycles. The number of nitrogens with zero attached hydrogens (tertiary/aromatic N) is 1. The zero-order valence-corrected chi connectivity index (χ0v) is 14.1. The number of benzene rings is 1. The number of urea groups is 1. The van der Waals surface area contributed by atoms with E-state index in [4.69, 9.17) is 9.47 Å². The lowest BCUT2D eigenvalue weighted by Crippen LogP contribution is -2.18. The molecule has 1 aliphatic rings. The number of thiazole rings is 1. The standard InChI is InChI=1S/C16H13N3O3S2/c20-15(18-14-2-1-7-23-14)19-16-17-11(9-24-16)10-3-4-12-13(8-10)22-6-5-21-12/h1-4,7-9H,5-6H2,(H2,17,18,19,20). The molecule has 1 aromatic carbocycles. The zero-order valence-electron chi connectivity index (χ0n) is 12.4. The third kappa shape index (κ3) is 3.19. The van der Waals surface area contributed by atoms with Gasteiger partial charge in [-0.3, -0.25) is 10.6 Å². The minimum Gasteiger partial charge on any atom is -0.486 e. The molecule has 2 aromatic heterocycles. The number of amides is 2. The molecule has 0 fully saturated rings. The fraction of sp³-hybridized carbons (Fsp3) is 0.125. The lowest BCUT2D eigenvalue weighted by Gasteiger charge is -2.18. The predicted octanol–water partition coefficient (Wildman–Crippen LogP) is 4.29. The fourth-order valence-corrected chi connectivity index (χ4v) is 3.58. The van der Waals surface area contributed by atoms with Crippen LogP contribution in [0.5, 0.6) is 11.5 Å². The van der Waals surface area contributed by atoms with Gasteiger partial charge in [-0.25, -0.2) is 9.78 Å². The maximum absolute atomic E-state index is 11.9. The molecular formula is C16H13N3O3S2. The summed E-state index contributed by atoms with van der Waals surface area (Å²) in [5.41, 5.74) is 1.70. The molecule has 0 unspecified atom stereocenters. The molecule has 2 N–H and O–H groups in total. The van der Waals surface area contributed by atoms with Crippen molar-refractivity contribution < 1.29 is 14.3 Å². The number of anilines is 2. The van der Waals surface area contributed by atoms with Crippen LogP contribution < -0.4 is 20.1 Å². The van der Waals surface area contributed by atoms with Crippen molar-refractivity contribution in [2.24, 2.45) is 0 Å². The van der Waals surface area contributed by atoms with Crippen molar-refractivity contribution >= 4 is 38.8 Å². The van der Waals surface area contributed by atoms with Crippen LogP contribution in [0.1, 0.15) is 0 Å². The number of ether oxygens (including phenoxy) is 2. The van der Waals surface area contributed by atoms with Gasteiger partial charge in [-0.05, 0) is 35.7 Å². The predicted molar refractivity (Wildman–Crippen MR) is 95.5 cm³/mol. The van der Waals surface area contributed by atoms with E-state index in [0.717, 1.165) is 27.8 Å². The first-order valence-corrected chi connectivity index (χ1v) is 9.01. The molecule has 122 valence electrons. The molecule has 8 heteroatoms. The van der Waals surface area contributed by atoms with Gasteiger partial charge in [0.1, 0.15) is 13.2 Å². The Hall–Kier alpha value is -2.58. The van der Waals surface area contributed by atoms with Crippen molar-refractivity contribution in [3.8, 4) is 22.8 Å². The molecule has 0 radical (unpaired) electrons. The number of nitrogens with one attached hydrogen (secondary N) is 2. The molecule has 0 saturated heterocycles. The molecule has 0 aliphatic carbocycles. The minimum atomic E-state index is -0.305. The Morgan fingerprint density at radius 3 is 2.79 bits per heavy atom. The van der Waals surface area contributed by atoms with Gasteiger partial charge in [-0.15, -0.1) is 22.7 Å². The smallest absolute Gasteiger partial charge is 0.326 e. The van der Waals surface area contributed by atoms with Crippen molar-refractivity contribution in [1.29, 1.82) is 0 Å². The molecule has 2 amide bonds. The highest BCUT2D eigenvalue weighted by molar-refractivity contribution is 7.14. The molecule has 6 nitrogen and oxygen atoms in total. The first-order chi connectivity index (χ1) is 11.8. The Morgan fingerprint density at radius 2 is 1.96 bits per heavy atom. The number of fused-ring (bicyclic) bond motifs is 1. The summed E-state index contributed by atoms with van der Waals surface area (Å²) in [5, 5.41) is 10.6. The number of carbonyl (C=O) groups is 1. The average molecular weight is 359 g/mol. The van der Waals surface area contributed by atoms with Crippen LogP contribution in [0.4, 0.5) is 14.9 Å². The van der Waals surface area contributed by atoms with Gasteiger partial charge in [0.05, 0.1) is 10.7 Å². The molecular weight excluding hydrogens is 346 g/mol. The normalized spacial score (nSPS) is 12.7. The summed E-state index contributed by atoms with van der Waals surface area (Å²) in [6, 6.07) is 9.12.